The summed E-state index contributed by atoms with van der Waals surface area (Å²) in [5, 5.41) is 8.25. The Morgan fingerprint density at radius 3 is 2.94 bits per heavy atom. The predicted molar refractivity (Wildman–Crippen MR) is 59.5 cm³/mol. The number of carbonyl (C=O) groups is 1. The van der Waals surface area contributed by atoms with Crippen LogP contribution in [0.25, 0.3) is 10.6 Å². The van der Waals surface area contributed by atoms with Crippen molar-refractivity contribution in [2.24, 2.45) is 0 Å². The second kappa shape index (κ2) is 4.28. The number of hydrogen-bond acceptors (Lipinski definition) is 5. The van der Waals surface area contributed by atoms with Gasteiger partial charge < -0.3 is 4.74 Å². The van der Waals surface area contributed by atoms with Gasteiger partial charge in [0.05, 0.1) is 17.7 Å². The highest BCUT2D eigenvalue weighted by molar-refractivity contribution is 7.13. The Balaban J connectivity index is 2.45. The van der Waals surface area contributed by atoms with E-state index in [1.54, 1.807) is 0 Å². The third-order valence-electron chi connectivity index (χ3n) is 1.96. The smallest absolute Gasteiger partial charge is 0.362 e. The number of ether oxygens (including phenoxy) is 1. The lowest BCUT2D eigenvalue weighted by Gasteiger charge is -1.99. The van der Waals surface area contributed by atoms with Gasteiger partial charge in [-0.1, -0.05) is 6.07 Å². The Morgan fingerprint density at radius 2 is 2.38 bits per heavy atom. The van der Waals surface area contributed by atoms with Gasteiger partial charge in [-0.15, -0.1) is 11.3 Å². The number of hydrogen-bond donors (Lipinski definition) is 1. The Morgan fingerprint density at radius 1 is 1.56 bits per heavy atom. The van der Waals surface area contributed by atoms with Crippen LogP contribution in [0.3, 0.4) is 0 Å². The van der Waals surface area contributed by atoms with Gasteiger partial charge in [-0.25, -0.2) is 4.79 Å². The Kier molecular flexibility index (Phi) is 2.82. The molecule has 0 saturated carbocycles. The van der Waals surface area contributed by atoms with E-state index in [1.807, 2.05) is 17.5 Å². The lowest BCUT2D eigenvalue weighted by molar-refractivity contribution is 0.0591. The number of aromatic amines is 1. The first-order chi connectivity index (χ1) is 7.72. The van der Waals surface area contributed by atoms with Gasteiger partial charge in [0.2, 0.25) is 11.1 Å². The first kappa shape index (κ1) is 10.6. The maximum Gasteiger partial charge on any atom is 0.362 e. The van der Waals surface area contributed by atoms with Crippen molar-refractivity contribution in [2.75, 3.05) is 7.11 Å². The second-order valence-corrected chi connectivity index (χ2v) is 3.91. The largest absolute Gasteiger partial charge is 0.464 e. The van der Waals surface area contributed by atoms with Crippen LogP contribution in [-0.4, -0.2) is 23.3 Å². The molecule has 2 heterocycles. The van der Waals surface area contributed by atoms with E-state index >= 15 is 0 Å². The zero-order chi connectivity index (χ0) is 11.5. The molecule has 0 bridgehead atoms. The molecule has 0 fully saturated rings. The zero-order valence-electron chi connectivity index (χ0n) is 8.39. The van der Waals surface area contributed by atoms with Crippen molar-refractivity contribution >= 4 is 17.3 Å². The molecule has 0 unspecified atom stereocenters. The van der Waals surface area contributed by atoms with Gasteiger partial charge in [-0.05, 0) is 11.4 Å². The minimum Gasteiger partial charge on any atom is -0.464 e. The standard InChI is InChI=1S/C10H8N2O3S/c1-15-10(14)9-7(13)5-6(11-12-9)8-3-2-4-16-8/h2-5H,1H3,(H,11,13). The molecule has 82 valence electrons. The van der Waals surface area contributed by atoms with Crippen LogP contribution in [0, 0.1) is 0 Å². The van der Waals surface area contributed by atoms with Crippen LogP contribution < -0.4 is 5.43 Å². The van der Waals surface area contributed by atoms with Crippen LogP contribution in [0.5, 0.6) is 0 Å². The van der Waals surface area contributed by atoms with E-state index < -0.39 is 11.4 Å². The van der Waals surface area contributed by atoms with Crippen molar-refractivity contribution < 1.29 is 9.53 Å². The van der Waals surface area contributed by atoms with Crippen LogP contribution in [0.1, 0.15) is 10.5 Å². The van der Waals surface area contributed by atoms with Crippen molar-refractivity contribution in [3.63, 3.8) is 0 Å². The van der Waals surface area contributed by atoms with Crippen molar-refractivity contribution in [3.8, 4) is 10.6 Å². The maximum atomic E-state index is 11.6. The number of nitrogens with one attached hydrogen (secondary N) is 1. The molecule has 0 spiro atoms. The topological polar surface area (TPSA) is 72.0 Å². The predicted octanol–water partition coefficient (Wildman–Crippen LogP) is 1.28. The van der Waals surface area contributed by atoms with Gasteiger partial charge in [-0.3, -0.25) is 9.89 Å². The highest BCUT2D eigenvalue weighted by atomic mass is 32.1. The summed E-state index contributed by atoms with van der Waals surface area (Å²) in [6.45, 7) is 0. The molecule has 2 aromatic heterocycles. The average Bonchev–Trinajstić information content (AvgIpc) is 2.81. The molecule has 6 heteroatoms. The van der Waals surface area contributed by atoms with Crippen molar-refractivity contribution in [1.29, 1.82) is 0 Å². The number of methoxy groups -OCH3 is 1. The van der Waals surface area contributed by atoms with E-state index in [4.69, 9.17) is 0 Å². The van der Waals surface area contributed by atoms with Gasteiger partial charge in [0.25, 0.3) is 0 Å². The Bertz CT molecular complexity index is 560. The Hall–Kier alpha value is -1.95. The molecule has 1 N–H and O–H groups in total. The molecule has 0 amide bonds. The van der Waals surface area contributed by atoms with E-state index in [9.17, 15) is 9.59 Å². The number of nitrogens with zero attached hydrogens (tertiary/aromatic N) is 1. The van der Waals surface area contributed by atoms with E-state index in [-0.39, 0.29) is 5.69 Å². The van der Waals surface area contributed by atoms with Crippen LogP contribution in [-0.2, 0) is 4.74 Å². The van der Waals surface area contributed by atoms with E-state index in [1.165, 1.54) is 24.5 Å². The lowest BCUT2D eigenvalue weighted by atomic mass is 10.3. The number of H-pyrrole nitrogens is 1. The summed E-state index contributed by atoms with van der Waals surface area (Å²) in [6, 6.07) is 5.06. The molecule has 0 aliphatic heterocycles. The minimum atomic E-state index is -0.737. The van der Waals surface area contributed by atoms with E-state index in [2.05, 4.69) is 14.9 Å². The SMILES string of the molecule is COC(=O)c1n[nH]c(-c2cccs2)cc1=O. The molecule has 0 saturated heterocycles. The summed E-state index contributed by atoms with van der Waals surface area (Å²) < 4.78 is 4.43. The van der Waals surface area contributed by atoms with Crippen LogP contribution in [0.2, 0.25) is 0 Å². The fourth-order valence-corrected chi connectivity index (χ4v) is 1.90. The van der Waals surface area contributed by atoms with Gasteiger partial charge in [0, 0.05) is 6.07 Å². The third-order valence-corrected chi connectivity index (χ3v) is 2.87. The Labute approximate surface area is 94.7 Å². The highest BCUT2D eigenvalue weighted by Gasteiger charge is 2.13. The molecule has 0 radical (unpaired) electrons. The molecule has 5 nitrogen and oxygen atoms in total. The third kappa shape index (κ3) is 1.87. The van der Waals surface area contributed by atoms with E-state index in [0.29, 0.717) is 5.69 Å². The fourth-order valence-electron chi connectivity index (χ4n) is 1.20. The number of esters is 1. The zero-order valence-corrected chi connectivity index (χ0v) is 9.21. The molecule has 0 aromatic carbocycles. The van der Waals surface area contributed by atoms with Crippen LogP contribution >= 0.6 is 11.3 Å². The quantitative estimate of drug-likeness (QED) is 0.797. The number of aromatic nitrogens is 2. The van der Waals surface area contributed by atoms with Crippen molar-refractivity contribution in [1.82, 2.24) is 10.2 Å². The molecule has 2 rings (SSSR count). The average molecular weight is 236 g/mol. The number of rotatable bonds is 2. The van der Waals surface area contributed by atoms with E-state index in [0.717, 1.165) is 4.88 Å². The molecular weight excluding hydrogens is 228 g/mol. The van der Waals surface area contributed by atoms with Gasteiger partial charge >= 0.3 is 5.97 Å². The second-order valence-electron chi connectivity index (χ2n) is 2.96. The first-order valence-electron chi connectivity index (χ1n) is 4.44. The van der Waals surface area contributed by atoms with Crippen molar-refractivity contribution in [2.45, 2.75) is 0 Å². The van der Waals surface area contributed by atoms with Gasteiger partial charge in [0.15, 0.2) is 0 Å². The molecular formula is C10H8N2O3S. The monoisotopic (exact) mass is 236 g/mol. The minimum absolute atomic E-state index is 0.234. The lowest BCUT2D eigenvalue weighted by Crippen LogP contribution is -2.19. The van der Waals surface area contributed by atoms with Crippen molar-refractivity contribution in [3.05, 3.63) is 39.5 Å². The summed E-state index contributed by atoms with van der Waals surface area (Å²) in [6.07, 6.45) is 0. The van der Waals surface area contributed by atoms with Gasteiger partial charge in [0.1, 0.15) is 0 Å². The molecule has 2 aromatic rings. The number of thiophene rings is 1. The molecule has 0 aliphatic rings. The fraction of sp³-hybridized carbons (Fsp3) is 0.100. The highest BCUT2D eigenvalue weighted by Crippen LogP contribution is 2.20. The summed E-state index contributed by atoms with van der Waals surface area (Å²) in [5.41, 5.74) is -0.0931. The normalized spacial score (nSPS) is 10.1. The molecule has 16 heavy (non-hydrogen) atoms. The summed E-state index contributed by atoms with van der Waals surface area (Å²) in [4.78, 5) is 23.6. The molecule has 0 aliphatic carbocycles. The van der Waals surface area contributed by atoms with Gasteiger partial charge in [-0.2, -0.15) is 5.10 Å². The van der Waals surface area contributed by atoms with Crippen LogP contribution in [0.15, 0.2) is 28.4 Å². The summed E-state index contributed by atoms with van der Waals surface area (Å²) in [5.74, 6) is -0.737. The number of carbonyl (C=O) groups excluding carboxylic acids is 1. The summed E-state index contributed by atoms with van der Waals surface area (Å²) >= 11 is 1.48. The summed E-state index contributed by atoms with van der Waals surface area (Å²) in [7, 11) is 1.20. The maximum absolute atomic E-state index is 11.6. The molecule has 0 atom stereocenters. The van der Waals surface area contributed by atoms with Crippen LogP contribution in [0.4, 0.5) is 0 Å². The first-order valence-corrected chi connectivity index (χ1v) is 5.32.